The average Bonchev–Trinajstić information content (AvgIpc) is 1.45. The minimum atomic E-state index is -1.29. The Labute approximate surface area is 586 Å². The van der Waals surface area contributed by atoms with Gasteiger partial charge >= 0.3 is 5.97 Å². The average molecular weight is 1410 g/mol. The van der Waals surface area contributed by atoms with Crippen molar-refractivity contribution in [3.8, 4) is 0 Å². The van der Waals surface area contributed by atoms with E-state index in [2.05, 4.69) is 75.2 Å². The Hall–Kier alpha value is -7.67. The number of esters is 1. The van der Waals surface area contributed by atoms with Gasteiger partial charge in [-0.3, -0.25) is 9.69 Å². The van der Waals surface area contributed by atoms with Gasteiger partial charge in [0.05, 0.1) is 35.9 Å². The van der Waals surface area contributed by atoms with Gasteiger partial charge in [-0.2, -0.15) is 30.1 Å². The molecule has 0 radical (unpaired) electrons. The van der Waals surface area contributed by atoms with Crippen LogP contribution in [-0.4, -0.2) is 142 Å². The number of rotatable bonds is 9. The van der Waals surface area contributed by atoms with Crippen molar-refractivity contribution in [2.75, 3.05) is 55.7 Å². The van der Waals surface area contributed by atoms with Crippen LogP contribution in [0.1, 0.15) is 135 Å². The third-order valence-electron chi connectivity index (χ3n) is 23.5. The number of aryl methyl sites for hydroxylation is 4. The highest BCUT2D eigenvalue weighted by molar-refractivity contribution is 6.29. The van der Waals surface area contributed by atoms with Gasteiger partial charge in [-0.1, -0.05) is 74.9 Å². The van der Waals surface area contributed by atoms with Gasteiger partial charge in [-0.05, 0) is 198 Å². The number of ether oxygens (including phenoxy) is 3. The van der Waals surface area contributed by atoms with Crippen molar-refractivity contribution in [1.82, 2.24) is 44.4 Å². The zero-order chi connectivity index (χ0) is 69.1. The Kier molecular flexibility index (Phi) is 17.4. The van der Waals surface area contributed by atoms with Crippen LogP contribution in [0.25, 0.3) is 22.1 Å². The Bertz CT molecular complexity index is 4620. The lowest BCUT2D eigenvalue weighted by atomic mass is 9.65. The molecule has 4 spiro atoms. The van der Waals surface area contributed by atoms with Gasteiger partial charge in [0.2, 0.25) is 10.6 Å². The number of halogens is 6. The topological polar surface area (TPSA) is 202 Å². The highest BCUT2D eigenvalue weighted by atomic mass is 35.5. The summed E-state index contributed by atoms with van der Waals surface area (Å²) in [5.41, 5.74) is 12.6. The number of carbonyl (C=O) groups excluding carboxylic acids is 1. The van der Waals surface area contributed by atoms with Crippen molar-refractivity contribution in [2.45, 2.75) is 169 Å². The Morgan fingerprint density at radius 1 is 0.570 bits per heavy atom. The molecule has 6 fully saturated rings. The van der Waals surface area contributed by atoms with Crippen LogP contribution in [-0.2, 0) is 72.9 Å². The molecule has 5 aliphatic heterocycles. The van der Waals surface area contributed by atoms with Gasteiger partial charge in [0, 0.05) is 74.9 Å². The van der Waals surface area contributed by atoms with E-state index in [0.29, 0.717) is 46.8 Å². The smallest absolute Gasteiger partial charge is 0.303 e. The summed E-state index contributed by atoms with van der Waals surface area (Å²) in [6.07, 6.45) is 10.8. The van der Waals surface area contributed by atoms with Crippen LogP contribution >= 0.6 is 23.2 Å². The second-order valence-electron chi connectivity index (χ2n) is 29.4. The lowest BCUT2D eigenvalue weighted by Crippen LogP contribution is -2.58. The van der Waals surface area contributed by atoms with Crippen LogP contribution in [0.5, 0.6) is 0 Å². The van der Waals surface area contributed by atoms with E-state index in [1.807, 2.05) is 38.1 Å². The molecule has 9 heterocycles. The zero-order valence-corrected chi connectivity index (χ0v) is 57.4. The Balaban J connectivity index is 0.000000110. The number of nitrogens with zero attached hydrogens (tertiary/aromatic N) is 11. The number of fused-ring (bicyclic) bond motifs is 10. The van der Waals surface area contributed by atoms with E-state index in [0.717, 1.165) is 94.2 Å². The lowest BCUT2D eigenvalue weighted by molar-refractivity contribution is -0.154. The van der Waals surface area contributed by atoms with Gasteiger partial charge in [0.15, 0.2) is 29.9 Å². The summed E-state index contributed by atoms with van der Waals surface area (Å²) in [6.45, 7) is 11.0. The second-order valence-corrected chi connectivity index (χ2v) is 30.1. The summed E-state index contributed by atoms with van der Waals surface area (Å²) >= 11 is 12.6. The Morgan fingerprint density at radius 3 is 1.42 bits per heavy atom. The maximum atomic E-state index is 14.0. The van der Waals surface area contributed by atoms with Crippen molar-refractivity contribution in [3.05, 3.63) is 199 Å². The number of likely N-dealkylation sites (tertiary alicyclic amines) is 1. The fourth-order valence-electron chi connectivity index (χ4n) is 18.2. The predicted octanol–water partition coefficient (Wildman–Crippen LogP) is 11.9. The van der Waals surface area contributed by atoms with Crippen LogP contribution < -0.4 is 9.80 Å². The molecule has 0 amide bonds. The molecule has 10 aliphatic rings. The molecule has 19 rings (SSSR count). The van der Waals surface area contributed by atoms with Crippen molar-refractivity contribution < 1.29 is 51.9 Å². The first-order valence-corrected chi connectivity index (χ1v) is 35.7. The van der Waals surface area contributed by atoms with Gasteiger partial charge in [0.25, 0.3) is 0 Å². The maximum Gasteiger partial charge on any atom is 0.303 e. The molecule has 100 heavy (non-hydrogen) atoms. The number of aromatic nitrogens is 8. The molecule has 5 aromatic carbocycles. The molecule has 3 N–H and O–H groups in total. The summed E-state index contributed by atoms with van der Waals surface area (Å²) in [7, 11) is 0. The normalized spacial score (nSPS) is 25.4. The van der Waals surface area contributed by atoms with Gasteiger partial charge in [0.1, 0.15) is 53.2 Å². The standard InChI is InChI=1S/C25H27ClFN5O3.C21H21ClFN5O4.C18H18FN.C12H13F/c1-4-19-13(2)20(34-14(3)33)23(35-19)32-22-17(10-28-32)21(29-24(26)30-22)31-11-25(12-31)8-7-15-5-6-16(27)9-18(15)25;22-20-25-17(27-8-21(9-27)4-3-10-1-2-11(23)5-13(10)21)12-6-24-28(18(12)26-20)19-16(31)15(30)14(7-29)32-19;19-16-7-6-15-8-9-18(17(15)10-16)12-20(13-18)11-14-4-2-1-3-5-14;13-10-3-2-9-4-7-12(5-1-6-12)11(9)8-10/h5-6,9-10,13,19-20,23H,4,7-8,11-12H2,1-3H3;1-2,5-6,14-16,19,29-31H,3-4,7-9H2;1-7,10H,8-9,11-13H2;2-3,8H,1,4-7H2/t13-,19-,20-,23-;14-,15-,16-,19-;;/m11../s1. The number of hydrogen-bond donors (Lipinski definition) is 3. The summed E-state index contributed by atoms with van der Waals surface area (Å²) < 4.78 is 74.9. The highest BCUT2D eigenvalue weighted by Gasteiger charge is 2.53. The molecule has 9 aromatic rings. The van der Waals surface area contributed by atoms with Gasteiger partial charge in [-0.25, -0.2) is 26.9 Å². The number of hydrogen-bond acceptors (Lipinski definition) is 16. The monoisotopic (exact) mass is 1400 g/mol. The third kappa shape index (κ3) is 11.7. The number of carbonyl (C=O) groups is 1. The molecule has 5 aliphatic carbocycles. The van der Waals surface area contributed by atoms with Crippen LogP contribution in [0.15, 0.2) is 116 Å². The minimum absolute atomic E-state index is 0.00278. The Morgan fingerprint density at radius 2 is 1.00 bits per heavy atom. The summed E-state index contributed by atoms with van der Waals surface area (Å²) in [4.78, 5) is 36.2. The number of aliphatic hydroxyl groups is 3. The van der Waals surface area contributed by atoms with E-state index in [9.17, 15) is 37.7 Å². The van der Waals surface area contributed by atoms with Crippen molar-refractivity contribution in [1.29, 1.82) is 0 Å². The third-order valence-corrected chi connectivity index (χ3v) is 23.8. The predicted molar refractivity (Wildman–Crippen MR) is 368 cm³/mol. The van der Waals surface area contributed by atoms with Crippen molar-refractivity contribution in [2.24, 2.45) is 5.92 Å². The van der Waals surface area contributed by atoms with E-state index >= 15 is 0 Å². The molecular weight excluding hydrogens is 1330 g/mol. The number of benzene rings is 5. The van der Waals surface area contributed by atoms with Crippen molar-refractivity contribution in [3.63, 3.8) is 0 Å². The molecule has 5 saturated heterocycles. The SMILES string of the molecule is CC[C@H]1O[C@@H](n2ncc3c(N4CC5(CCc6ccc(F)cc65)C4)nc(Cl)nc32)[C@H](OC(C)=O)[C@@H]1C.Fc1ccc2c(c1)C1(CC2)CN(Cc2ccccc2)C1.Fc1ccc2c(c1)C1(CCC1)CC2.OC[C@H]1O[C@@H](n2ncc3c(N4CC5(CCc6ccc(F)cc65)C4)nc(Cl)nc32)[C@H](O)[C@@H]1O. The summed E-state index contributed by atoms with van der Waals surface area (Å²) in [5, 5.41) is 40.2. The molecular formula is C76H79Cl2F4N11O7. The summed E-state index contributed by atoms with van der Waals surface area (Å²) in [6, 6.07) is 31.4. The molecule has 18 nitrogen and oxygen atoms in total. The van der Waals surface area contributed by atoms with Crippen LogP contribution in [0.2, 0.25) is 10.6 Å². The number of anilines is 2. The molecule has 522 valence electrons. The van der Waals surface area contributed by atoms with Gasteiger partial charge < -0.3 is 39.3 Å². The molecule has 1 saturated carbocycles. The van der Waals surface area contributed by atoms with E-state index in [-0.39, 0.29) is 68.1 Å². The molecule has 8 atom stereocenters. The first-order chi connectivity index (χ1) is 48.2. The van der Waals surface area contributed by atoms with E-state index in [1.54, 1.807) is 53.5 Å². The lowest BCUT2D eigenvalue weighted by Gasteiger charge is -2.49. The first-order valence-electron chi connectivity index (χ1n) is 34.9. The van der Waals surface area contributed by atoms with Crippen LogP contribution in [0, 0.1) is 29.2 Å². The highest BCUT2D eigenvalue weighted by Crippen LogP contribution is 2.54. The molecule has 24 heteroatoms. The van der Waals surface area contributed by atoms with Crippen LogP contribution in [0.3, 0.4) is 0 Å². The van der Waals surface area contributed by atoms with Crippen LogP contribution in [0.4, 0.5) is 29.2 Å². The maximum absolute atomic E-state index is 14.0. The van der Waals surface area contributed by atoms with E-state index in [4.69, 9.17) is 37.4 Å². The molecule has 4 aromatic heterocycles. The van der Waals surface area contributed by atoms with Gasteiger partial charge in [-0.15, -0.1) is 0 Å². The minimum Gasteiger partial charge on any atom is -0.457 e. The first kappa shape index (κ1) is 66.9. The van der Waals surface area contributed by atoms with Crippen molar-refractivity contribution >= 4 is 62.9 Å². The molecule has 0 unspecified atom stereocenters. The summed E-state index contributed by atoms with van der Waals surface area (Å²) in [5.74, 6) is 0.362. The second kappa shape index (κ2) is 26.0. The fourth-order valence-corrected chi connectivity index (χ4v) is 18.5. The number of aliphatic hydroxyl groups excluding tert-OH is 3. The quantitative estimate of drug-likeness (QED) is 0.0699. The van der Waals surface area contributed by atoms with E-state index < -0.39 is 43.5 Å². The largest absolute Gasteiger partial charge is 0.457 e. The fraction of sp³-hybridized carbons (Fsp3) is 0.461. The molecule has 0 bridgehead atoms. The van der Waals surface area contributed by atoms with E-state index in [1.165, 1.54) is 94.8 Å². The zero-order valence-electron chi connectivity index (χ0n) is 55.9.